The molecular weight excluding hydrogens is 240 g/mol. The van der Waals surface area contributed by atoms with Gasteiger partial charge in [0.1, 0.15) is 12.2 Å². The van der Waals surface area contributed by atoms with Crippen molar-refractivity contribution < 1.29 is 29.6 Å². The summed E-state index contributed by atoms with van der Waals surface area (Å²) in [4.78, 5) is 22.3. The Bertz CT molecular complexity index is 391. The predicted octanol–water partition coefficient (Wildman–Crippen LogP) is -0.875. The van der Waals surface area contributed by atoms with Crippen molar-refractivity contribution in [1.29, 1.82) is 0 Å². The van der Waals surface area contributed by atoms with E-state index in [-0.39, 0.29) is 11.8 Å². The van der Waals surface area contributed by atoms with Gasteiger partial charge in [0.15, 0.2) is 12.4 Å². The lowest BCUT2D eigenvalue weighted by molar-refractivity contribution is -0.129. The zero-order valence-corrected chi connectivity index (χ0v) is 9.47. The van der Waals surface area contributed by atoms with E-state index in [1.165, 1.54) is 12.1 Å². The van der Waals surface area contributed by atoms with Crippen LogP contribution in [0.2, 0.25) is 0 Å². The third-order valence-electron chi connectivity index (χ3n) is 2.30. The fourth-order valence-electron chi connectivity index (χ4n) is 1.27. The maximum atomic E-state index is 11.6. The minimum atomic E-state index is -1.67. The first kappa shape index (κ1) is 14.3. The van der Waals surface area contributed by atoms with Crippen LogP contribution < -0.4 is 0 Å². The molecule has 1 aromatic rings. The van der Waals surface area contributed by atoms with Crippen LogP contribution in [0.3, 0.4) is 0 Å². The smallest absolute Gasteiger partial charge is 0.338 e. The second-order valence-corrected chi connectivity index (χ2v) is 3.61. The van der Waals surface area contributed by atoms with Gasteiger partial charge in [-0.3, -0.25) is 4.79 Å². The first-order valence-electron chi connectivity index (χ1n) is 5.28. The van der Waals surface area contributed by atoms with Crippen molar-refractivity contribution in [2.75, 3.05) is 6.61 Å². The second kappa shape index (κ2) is 6.85. The molecule has 6 nitrogen and oxygen atoms in total. The number of carbonyl (C=O) groups excluding carboxylic acids is 2. The molecule has 0 amide bonds. The van der Waals surface area contributed by atoms with E-state index in [1.54, 1.807) is 18.2 Å². The zero-order valence-electron chi connectivity index (χ0n) is 9.47. The number of aliphatic hydroxyl groups is 3. The summed E-state index contributed by atoms with van der Waals surface area (Å²) in [7, 11) is 0. The number of carbonyl (C=O) groups is 2. The van der Waals surface area contributed by atoms with Gasteiger partial charge in [0, 0.05) is 0 Å². The SMILES string of the molecule is O=C[C@H](OC(=O)c1ccccc1)[C@H](O)[C@H](O)CO. The largest absolute Gasteiger partial charge is 0.448 e. The monoisotopic (exact) mass is 254 g/mol. The molecule has 6 heteroatoms. The van der Waals surface area contributed by atoms with Crippen LogP contribution in [0.5, 0.6) is 0 Å². The summed E-state index contributed by atoms with van der Waals surface area (Å²) in [6, 6.07) is 7.91. The molecule has 0 unspecified atom stereocenters. The molecule has 0 aliphatic heterocycles. The molecule has 0 saturated carbocycles. The molecule has 1 aromatic carbocycles. The topological polar surface area (TPSA) is 104 Å². The Morgan fingerprint density at radius 2 is 1.89 bits per heavy atom. The van der Waals surface area contributed by atoms with Gasteiger partial charge in [-0.2, -0.15) is 0 Å². The van der Waals surface area contributed by atoms with Crippen LogP contribution in [0.4, 0.5) is 0 Å². The molecule has 3 atom stereocenters. The highest BCUT2D eigenvalue weighted by atomic mass is 16.6. The van der Waals surface area contributed by atoms with Gasteiger partial charge in [-0.25, -0.2) is 4.79 Å². The van der Waals surface area contributed by atoms with Crippen molar-refractivity contribution in [3.8, 4) is 0 Å². The van der Waals surface area contributed by atoms with Crippen LogP contribution in [0.25, 0.3) is 0 Å². The van der Waals surface area contributed by atoms with E-state index in [1.807, 2.05) is 0 Å². The van der Waals surface area contributed by atoms with E-state index < -0.39 is 30.9 Å². The fourth-order valence-corrected chi connectivity index (χ4v) is 1.27. The Hall–Kier alpha value is -1.76. The van der Waals surface area contributed by atoms with E-state index in [2.05, 4.69) is 0 Å². The molecule has 0 aliphatic carbocycles. The summed E-state index contributed by atoms with van der Waals surface area (Å²) >= 11 is 0. The molecule has 0 bridgehead atoms. The van der Waals surface area contributed by atoms with Gasteiger partial charge in [0.25, 0.3) is 0 Å². The van der Waals surface area contributed by atoms with E-state index >= 15 is 0 Å². The number of rotatable bonds is 6. The highest BCUT2D eigenvalue weighted by molar-refractivity contribution is 5.90. The number of hydrogen-bond donors (Lipinski definition) is 3. The van der Waals surface area contributed by atoms with Crippen LogP contribution in [0.15, 0.2) is 30.3 Å². The molecule has 0 fully saturated rings. The summed E-state index contributed by atoms with van der Waals surface area (Å²) in [5.74, 6) is -0.795. The highest BCUT2D eigenvalue weighted by Gasteiger charge is 2.29. The Kier molecular flexibility index (Phi) is 5.44. The van der Waals surface area contributed by atoms with Crippen molar-refractivity contribution in [1.82, 2.24) is 0 Å². The first-order valence-corrected chi connectivity index (χ1v) is 5.28. The number of aldehydes is 1. The van der Waals surface area contributed by atoms with Crippen molar-refractivity contribution in [2.24, 2.45) is 0 Å². The normalized spacial score (nSPS) is 15.5. The van der Waals surface area contributed by atoms with Crippen molar-refractivity contribution in [2.45, 2.75) is 18.3 Å². The minimum Gasteiger partial charge on any atom is -0.448 e. The molecule has 18 heavy (non-hydrogen) atoms. The van der Waals surface area contributed by atoms with E-state index in [0.717, 1.165) is 0 Å². The van der Waals surface area contributed by atoms with E-state index in [4.69, 9.17) is 14.9 Å². The number of aliphatic hydroxyl groups excluding tert-OH is 3. The fraction of sp³-hybridized carbons (Fsp3) is 0.333. The third kappa shape index (κ3) is 3.63. The van der Waals surface area contributed by atoms with Crippen molar-refractivity contribution in [3.63, 3.8) is 0 Å². The highest BCUT2D eigenvalue weighted by Crippen LogP contribution is 2.07. The predicted molar refractivity (Wildman–Crippen MR) is 60.8 cm³/mol. The van der Waals surface area contributed by atoms with Crippen LogP contribution in [0, 0.1) is 0 Å². The summed E-state index contributed by atoms with van der Waals surface area (Å²) in [5.41, 5.74) is 0.218. The number of ether oxygens (including phenoxy) is 1. The van der Waals surface area contributed by atoms with Gasteiger partial charge < -0.3 is 20.1 Å². The lowest BCUT2D eigenvalue weighted by Gasteiger charge is -2.21. The molecule has 0 saturated heterocycles. The zero-order chi connectivity index (χ0) is 13.5. The van der Waals surface area contributed by atoms with Gasteiger partial charge in [-0.15, -0.1) is 0 Å². The Balaban J connectivity index is 2.69. The van der Waals surface area contributed by atoms with E-state index in [9.17, 15) is 14.7 Å². The molecule has 3 N–H and O–H groups in total. The lowest BCUT2D eigenvalue weighted by atomic mass is 10.1. The molecule has 0 spiro atoms. The lowest BCUT2D eigenvalue weighted by Crippen LogP contribution is -2.42. The molecule has 1 rings (SSSR count). The standard InChI is InChI=1S/C12H14O6/c13-6-9(15)11(16)10(7-14)18-12(17)8-4-2-1-3-5-8/h1-5,7,9-11,13,15-16H,6H2/t9-,10+,11-/m1/s1. The van der Waals surface area contributed by atoms with Crippen LogP contribution in [-0.4, -0.2) is 52.5 Å². The molecular formula is C12H14O6. The molecule has 0 heterocycles. The molecule has 0 radical (unpaired) electrons. The quantitative estimate of drug-likeness (QED) is 0.450. The molecule has 98 valence electrons. The van der Waals surface area contributed by atoms with Gasteiger partial charge >= 0.3 is 5.97 Å². The summed E-state index contributed by atoms with van der Waals surface area (Å²) in [6.45, 7) is -0.742. The van der Waals surface area contributed by atoms with Gasteiger partial charge in [0.2, 0.25) is 0 Å². The van der Waals surface area contributed by atoms with Crippen molar-refractivity contribution >= 4 is 12.3 Å². The third-order valence-corrected chi connectivity index (χ3v) is 2.30. The average Bonchev–Trinajstić information content (AvgIpc) is 2.43. The number of esters is 1. The van der Waals surface area contributed by atoms with E-state index in [0.29, 0.717) is 0 Å². The summed E-state index contributed by atoms with van der Waals surface area (Å²) < 4.78 is 4.74. The second-order valence-electron chi connectivity index (χ2n) is 3.61. The molecule has 0 aliphatic rings. The number of hydrogen-bond acceptors (Lipinski definition) is 6. The Morgan fingerprint density at radius 1 is 1.28 bits per heavy atom. The average molecular weight is 254 g/mol. The Morgan fingerprint density at radius 3 is 2.39 bits per heavy atom. The minimum absolute atomic E-state index is 0.199. The van der Waals surface area contributed by atoms with Gasteiger partial charge in [0.05, 0.1) is 12.2 Å². The maximum absolute atomic E-state index is 11.6. The van der Waals surface area contributed by atoms with Gasteiger partial charge in [-0.05, 0) is 12.1 Å². The number of benzene rings is 1. The van der Waals surface area contributed by atoms with Gasteiger partial charge in [-0.1, -0.05) is 18.2 Å². The first-order chi connectivity index (χ1) is 8.60. The Labute approximate surface area is 103 Å². The maximum Gasteiger partial charge on any atom is 0.338 e. The van der Waals surface area contributed by atoms with Crippen LogP contribution in [-0.2, 0) is 9.53 Å². The van der Waals surface area contributed by atoms with Crippen molar-refractivity contribution in [3.05, 3.63) is 35.9 Å². The van der Waals surface area contributed by atoms with Crippen LogP contribution in [0.1, 0.15) is 10.4 Å². The van der Waals surface area contributed by atoms with Crippen LogP contribution >= 0.6 is 0 Å². The summed E-state index contributed by atoms with van der Waals surface area (Å²) in [6.07, 6.45) is -4.55. The molecule has 0 aromatic heterocycles. The summed E-state index contributed by atoms with van der Waals surface area (Å²) in [5, 5.41) is 27.3.